The summed E-state index contributed by atoms with van der Waals surface area (Å²) in [6, 6.07) is 66.6. The third-order valence-electron chi connectivity index (χ3n) is 12.7. The van der Waals surface area contributed by atoms with Gasteiger partial charge in [0.25, 0.3) is 6.71 Å². The quantitative estimate of drug-likeness (QED) is 0.156. The van der Waals surface area contributed by atoms with Crippen LogP contribution in [0.4, 0.5) is 34.1 Å². The molecule has 0 unspecified atom stereocenters. The van der Waals surface area contributed by atoms with Crippen molar-refractivity contribution >= 4 is 100 Å². The fraction of sp³-hybridized carbons (Fsp3) is 0. The minimum atomic E-state index is -0.193. The summed E-state index contributed by atoms with van der Waals surface area (Å²) >= 11 is 0. The zero-order valence-corrected chi connectivity index (χ0v) is 33.9. The molecule has 63 heavy (non-hydrogen) atoms. The van der Waals surface area contributed by atoms with Crippen LogP contribution in [0.15, 0.2) is 213 Å². The third-order valence-corrected chi connectivity index (χ3v) is 12.7. The second-order valence-corrected chi connectivity index (χ2v) is 16.2. The van der Waals surface area contributed by atoms with Crippen LogP contribution in [-0.4, -0.2) is 16.7 Å². The Morgan fingerprint density at radius 2 is 0.778 bits per heavy atom. The average Bonchev–Trinajstić information content (AvgIpc) is 3.34. The Morgan fingerprint density at radius 1 is 0.333 bits per heavy atom. The highest BCUT2D eigenvalue weighted by molar-refractivity contribution is 7.01. The summed E-state index contributed by atoms with van der Waals surface area (Å²) in [4.78, 5) is 13.8. The molecular formula is C56H35BN4O2. The molecule has 2 aromatic heterocycles. The second-order valence-electron chi connectivity index (χ2n) is 16.2. The molecule has 0 fully saturated rings. The summed E-state index contributed by atoms with van der Waals surface area (Å²) in [5, 5.41) is 9.13. The summed E-state index contributed by atoms with van der Waals surface area (Å²) in [7, 11) is 0. The normalized spacial score (nSPS) is 12.3. The monoisotopic (exact) mass is 806 g/mol. The zero-order chi connectivity index (χ0) is 41.4. The Morgan fingerprint density at radius 3 is 1.24 bits per heavy atom. The number of benzene rings is 9. The van der Waals surface area contributed by atoms with Crippen LogP contribution in [0.3, 0.4) is 0 Å². The molecule has 0 spiro atoms. The van der Waals surface area contributed by atoms with Crippen LogP contribution in [0.2, 0.25) is 0 Å². The molecule has 0 atom stereocenters. The van der Waals surface area contributed by atoms with Crippen LogP contribution in [-0.2, 0) is 0 Å². The van der Waals surface area contributed by atoms with Crippen LogP contribution in [0.5, 0.6) is 23.0 Å². The summed E-state index contributed by atoms with van der Waals surface area (Å²) in [6.07, 6.45) is 7.50. The van der Waals surface area contributed by atoms with Gasteiger partial charge in [-0.2, -0.15) is 0 Å². The Bertz CT molecular complexity index is 3380. The lowest BCUT2D eigenvalue weighted by molar-refractivity contribution is 0.465. The van der Waals surface area contributed by atoms with E-state index in [0.717, 1.165) is 106 Å². The highest BCUT2D eigenvalue weighted by Gasteiger charge is 2.43. The number of nitrogens with zero attached hydrogens (tertiary/aromatic N) is 4. The molecule has 0 aliphatic carbocycles. The SMILES string of the molecule is c1cncc(N(c2ccc3ccccc3c2)c2cc3c(c4ccccc24)B2c4c(cccc4Oc4cc(N(c5cccnc5)c5ccc6ccccc6c5)c5ccccc5c42)O3)c1. The molecule has 0 N–H and O–H groups in total. The highest BCUT2D eigenvalue weighted by Crippen LogP contribution is 2.47. The maximum atomic E-state index is 7.07. The van der Waals surface area contributed by atoms with Crippen molar-refractivity contribution in [3.05, 3.63) is 213 Å². The molecule has 2 aliphatic heterocycles. The van der Waals surface area contributed by atoms with Gasteiger partial charge < -0.3 is 19.3 Å². The number of fused-ring (bicyclic) bond motifs is 10. The van der Waals surface area contributed by atoms with E-state index in [9.17, 15) is 0 Å². The first-order valence-electron chi connectivity index (χ1n) is 21.2. The van der Waals surface area contributed by atoms with Crippen LogP contribution < -0.4 is 35.7 Å². The molecule has 0 saturated carbocycles. The molecule has 294 valence electrons. The molecular weight excluding hydrogens is 771 g/mol. The number of aromatic nitrogens is 2. The van der Waals surface area contributed by atoms with E-state index < -0.39 is 0 Å². The molecule has 9 aromatic carbocycles. The summed E-state index contributed by atoms with van der Waals surface area (Å²) in [6.45, 7) is -0.193. The minimum Gasteiger partial charge on any atom is -0.458 e. The number of anilines is 6. The molecule has 6 nitrogen and oxygen atoms in total. The zero-order valence-electron chi connectivity index (χ0n) is 33.9. The van der Waals surface area contributed by atoms with Crippen molar-refractivity contribution in [2.75, 3.05) is 9.80 Å². The summed E-state index contributed by atoms with van der Waals surface area (Å²) < 4.78 is 14.1. The molecule has 4 heterocycles. The van der Waals surface area contributed by atoms with Gasteiger partial charge in [0.1, 0.15) is 23.0 Å². The van der Waals surface area contributed by atoms with Gasteiger partial charge in [0, 0.05) is 52.1 Å². The Balaban J connectivity index is 1.06. The Labute approximate surface area is 363 Å². The van der Waals surface area contributed by atoms with Crippen molar-refractivity contribution in [3.63, 3.8) is 0 Å². The third kappa shape index (κ3) is 5.60. The fourth-order valence-electron chi connectivity index (χ4n) is 9.96. The van der Waals surface area contributed by atoms with E-state index in [4.69, 9.17) is 9.47 Å². The van der Waals surface area contributed by atoms with Crippen molar-refractivity contribution in [3.8, 4) is 23.0 Å². The molecule has 11 aromatic rings. The maximum absolute atomic E-state index is 7.07. The smallest absolute Gasteiger partial charge is 0.262 e. The number of hydrogen-bond donors (Lipinski definition) is 0. The van der Waals surface area contributed by atoms with Gasteiger partial charge in [-0.05, 0) is 104 Å². The first-order chi connectivity index (χ1) is 31.2. The summed E-state index contributed by atoms with van der Waals surface area (Å²) in [5.74, 6) is 3.19. The van der Waals surface area contributed by atoms with Gasteiger partial charge in [0.15, 0.2) is 0 Å². The first kappa shape index (κ1) is 35.4. The summed E-state index contributed by atoms with van der Waals surface area (Å²) in [5.41, 5.74) is 9.23. The van der Waals surface area contributed by atoms with Crippen LogP contribution >= 0.6 is 0 Å². The second kappa shape index (κ2) is 14.1. The van der Waals surface area contributed by atoms with Gasteiger partial charge in [-0.1, -0.05) is 115 Å². The van der Waals surface area contributed by atoms with Crippen LogP contribution in [0.25, 0.3) is 43.1 Å². The number of pyridine rings is 2. The van der Waals surface area contributed by atoms with E-state index in [0.29, 0.717) is 0 Å². The van der Waals surface area contributed by atoms with Crippen LogP contribution in [0, 0.1) is 0 Å². The molecule has 0 saturated heterocycles. The molecule has 2 aliphatic rings. The Kier molecular flexibility index (Phi) is 7.90. The van der Waals surface area contributed by atoms with E-state index in [2.05, 4.69) is 190 Å². The lowest BCUT2D eigenvalue weighted by Crippen LogP contribution is -2.58. The van der Waals surface area contributed by atoms with Crippen LogP contribution in [0.1, 0.15) is 0 Å². The van der Waals surface area contributed by atoms with Gasteiger partial charge in [-0.25, -0.2) is 0 Å². The van der Waals surface area contributed by atoms with Gasteiger partial charge in [-0.3, -0.25) is 9.97 Å². The van der Waals surface area contributed by atoms with E-state index in [1.165, 1.54) is 10.8 Å². The lowest BCUT2D eigenvalue weighted by atomic mass is 9.33. The topological polar surface area (TPSA) is 50.7 Å². The van der Waals surface area contributed by atoms with Crippen molar-refractivity contribution in [1.82, 2.24) is 9.97 Å². The van der Waals surface area contributed by atoms with E-state index in [1.54, 1.807) is 0 Å². The van der Waals surface area contributed by atoms with E-state index in [-0.39, 0.29) is 6.71 Å². The van der Waals surface area contributed by atoms with Gasteiger partial charge >= 0.3 is 0 Å². The maximum Gasteiger partial charge on any atom is 0.262 e. The largest absolute Gasteiger partial charge is 0.458 e. The highest BCUT2D eigenvalue weighted by atomic mass is 16.5. The molecule has 7 heteroatoms. The Hall–Kier alpha value is -8.42. The molecule has 13 rings (SSSR count). The van der Waals surface area contributed by atoms with Gasteiger partial charge in [0.2, 0.25) is 0 Å². The van der Waals surface area contributed by atoms with E-state index >= 15 is 0 Å². The van der Waals surface area contributed by atoms with Gasteiger partial charge in [0.05, 0.1) is 35.1 Å². The number of hydrogen-bond acceptors (Lipinski definition) is 6. The number of rotatable bonds is 6. The predicted octanol–water partition coefficient (Wildman–Crippen LogP) is 12.8. The molecule has 0 bridgehead atoms. The van der Waals surface area contributed by atoms with Crippen molar-refractivity contribution < 1.29 is 9.47 Å². The minimum absolute atomic E-state index is 0.193. The van der Waals surface area contributed by atoms with Gasteiger partial charge in [-0.15, -0.1) is 0 Å². The van der Waals surface area contributed by atoms with Crippen molar-refractivity contribution in [2.24, 2.45) is 0 Å². The first-order valence-corrected chi connectivity index (χ1v) is 21.2. The molecule has 0 radical (unpaired) electrons. The molecule has 0 amide bonds. The average molecular weight is 807 g/mol. The standard InChI is InChI=1S/C56H35BN4O2/c1-3-14-38-30-40(26-24-36(38)12-1)60(42-16-10-28-58-34-42)48-32-52-54(46-20-7-5-18-44(46)48)57-55-47-21-8-6-19-45(47)49(33-53(55)63-51-23-9-22-50(62-52)56(51)57)61(43-17-11-29-59-35-43)41-27-25-37-13-2-4-15-39(37)31-41/h1-35H. The van der Waals surface area contributed by atoms with Crippen molar-refractivity contribution in [2.45, 2.75) is 0 Å². The predicted molar refractivity (Wildman–Crippen MR) is 259 cm³/mol. The fourth-order valence-corrected chi connectivity index (χ4v) is 9.96. The lowest BCUT2D eigenvalue weighted by Gasteiger charge is -2.36. The van der Waals surface area contributed by atoms with E-state index in [1.807, 2.05) is 43.0 Å². The van der Waals surface area contributed by atoms with Crippen molar-refractivity contribution in [1.29, 1.82) is 0 Å². The number of ether oxygens (including phenoxy) is 2.